The number of nitrogens with one attached hydrogen (secondary N) is 1. The van der Waals surface area contributed by atoms with E-state index in [-0.39, 0.29) is 23.7 Å². The maximum atomic E-state index is 12.0. The monoisotopic (exact) mass is 326 g/mol. The average Bonchev–Trinajstić information content (AvgIpc) is 2.43. The number of nitro groups is 1. The summed E-state index contributed by atoms with van der Waals surface area (Å²) in [4.78, 5) is 22.4. The van der Waals surface area contributed by atoms with Crippen LogP contribution in [0.15, 0.2) is 46.0 Å². The number of halogens is 2. The Bertz CT molecular complexity index is 653. The minimum absolute atomic E-state index is 0.0289. The van der Waals surface area contributed by atoms with E-state index in [1.807, 2.05) is 0 Å². The second-order valence-electron chi connectivity index (χ2n) is 4.52. The van der Waals surface area contributed by atoms with Gasteiger partial charge in [-0.05, 0) is 30.6 Å². The third-order valence-corrected chi connectivity index (χ3v) is 3.72. The van der Waals surface area contributed by atoms with Gasteiger partial charge < -0.3 is 5.32 Å². The molecule has 7 heteroatoms. The standard InChI is InChI=1S/C14H12Cl2N2O3/c15-10-5-6-11(16)9(7-10)8-14(19)17-12-3-1-2-4-13(12)18(20)21/h1-4,7H,5-6,8H2,(H,17,19). The van der Waals surface area contributed by atoms with E-state index in [2.05, 4.69) is 5.32 Å². The van der Waals surface area contributed by atoms with E-state index in [1.54, 1.807) is 12.1 Å². The number of nitrogens with zero attached hydrogens (tertiary/aromatic N) is 1. The van der Waals surface area contributed by atoms with Crippen LogP contribution in [0.25, 0.3) is 0 Å². The summed E-state index contributed by atoms with van der Waals surface area (Å²) in [7, 11) is 0. The van der Waals surface area contributed by atoms with E-state index in [4.69, 9.17) is 23.2 Å². The van der Waals surface area contributed by atoms with Crippen molar-refractivity contribution in [3.05, 3.63) is 56.1 Å². The topological polar surface area (TPSA) is 72.2 Å². The number of hydrogen-bond acceptors (Lipinski definition) is 3. The molecule has 110 valence electrons. The Hall–Kier alpha value is -1.85. The van der Waals surface area contributed by atoms with Crippen LogP contribution in [0.3, 0.4) is 0 Å². The van der Waals surface area contributed by atoms with Crippen molar-refractivity contribution in [1.29, 1.82) is 0 Å². The number of para-hydroxylation sites is 2. The van der Waals surface area contributed by atoms with Crippen LogP contribution in [0.2, 0.25) is 0 Å². The van der Waals surface area contributed by atoms with Crippen LogP contribution in [0.5, 0.6) is 0 Å². The Kier molecular flexibility index (Phi) is 4.98. The van der Waals surface area contributed by atoms with Crippen molar-refractivity contribution in [2.24, 2.45) is 0 Å². The van der Waals surface area contributed by atoms with Crippen molar-refractivity contribution in [2.45, 2.75) is 19.3 Å². The molecule has 0 spiro atoms. The molecule has 21 heavy (non-hydrogen) atoms. The predicted molar refractivity (Wildman–Crippen MR) is 82.4 cm³/mol. The van der Waals surface area contributed by atoms with E-state index in [0.717, 1.165) is 0 Å². The summed E-state index contributed by atoms with van der Waals surface area (Å²) in [6.45, 7) is 0. The van der Waals surface area contributed by atoms with Gasteiger partial charge in [-0.1, -0.05) is 35.3 Å². The second kappa shape index (κ2) is 6.74. The molecule has 2 rings (SSSR count). The molecule has 1 aliphatic carbocycles. The number of benzene rings is 1. The van der Waals surface area contributed by atoms with E-state index in [1.165, 1.54) is 18.2 Å². The van der Waals surface area contributed by atoms with Crippen LogP contribution < -0.4 is 5.32 Å². The molecular formula is C14H12Cl2N2O3. The molecule has 1 aromatic carbocycles. The summed E-state index contributed by atoms with van der Waals surface area (Å²) in [5.41, 5.74) is 0.655. The fraction of sp³-hybridized carbons (Fsp3) is 0.214. The molecule has 1 N–H and O–H groups in total. The Morgan fingerprint density at radius 3 is 2.71 bits per heavy atom. The van der Waals surface area contributed by atoms with Gasteiger partial charge >= 0.3 is 0 Å². The Morgan fingerprint density at radius 2 is 2.00 bits per heavy atom. The quantitative estimate of drug-likeness (QED) is 0.661. The van der Waals surface area contributed by atoms with E-state index >= 15 is 0 Å². The van der Waals surface area contributed by atoms with E-state index in [0.29, 0.717) is 28.5 Å². The van der Waals surface area contributed by atoms with Crippen molar-refractivity contribution in [2.75, 3.05) is 5.32 Å². The average molecular weight is 327 g/mol. The van der Waals surface area contributed by atoms with Crippen LogP contribution in [-0.2, 0) is 4.79 Å². The maximum Gasteiger partial charge on any atom is 0.292 e. The van der Waals surface area contributed by atoms with Crippen molar-refractivity contribution < 1.29 is 9.72 Å². The van der Waals surface area contributed by atoms with Crippen molar-refractivity contribution in [3.63, 3.8) is 0 Å². The van der Waals surface area contributed by atoms with Crippen molar-refractivity contribution in [3.8, 4) is 0 Å². The third-order valence-electron chi connectivity index (χ3n) is 2.99. The molecule has 0 saturated heterocycles. The van der Waals surface area contributed by atoms with Crippen molar-refractivity contribution >= 4 is 40.5 Å². The molecule has 0 aromatic heterocycles. The molecule has 1 aromatic rings. The molecule has 0 radical (unpaired) electrons. The van der Waals surface area contributed by atoms with E-state index in [9.17, 15) is 14.9 Å². The minimum Gasteiger partial charge on any atom is -0.320 e. The highest BCUT2D eigenvalue weighted by Crippen LogP contribution is 2.31. The molecule has 0 aliphatic heterocycles. The van der Waals surface area contributed by atoms with Gasteiger partial charge in [0.05, 0.1) is 11.3 Å². The summed E-state index contributed by atoms with van der Waals surface area (Å²) in [6.07, 6.45) is 2.97. The summed E-state index contributed by atoms with van der Waals surface area (Å²) < 4.78 is 0. The lowest BCUT2D eigenvalue weighted by Gasteiger charge is -2.13. The normalized spacial score (nSPS) is 14.7. The number of rotatable bonds is 4. The number of carbonyl (C=O) groups excluding carboxylic acids is 1. The molecule has 0 bridgehead atoms. The van der Waals surface area contributed by atoms with Gasteiger partial charge in [-0.2, -0.15) is 0 Å². The highest BCUT2D eigenvalue weighted by Gasteiger charge is 2.17. The Labute approximate surface area is 131 Å². The summed E-state index contributed by atoms with van der Waals surface area (Å²) in [6, 6.07) is 5.97. The summed E-state index contributed by atoms with van der Waals surface area (Å²) in [5, 5.41) is 14.7. The maximum absolute atomic E-state index is 12.0. The zero-order valence-corrected chi connectivity index (χ0v) is 12.4. The number of hydrogen-bond donors (Lipinski definition) is 1. The van der Waals surface area contributed by atoms with Gasteiger partial charge in [0.15, 0.2) is 0 Å². The fourth-order valence-electron chi connectivity index (χ4n) is 1.98. The minimum atomic E-state index is -0.542. The number of anilines is 1. The zero-order valence-electron chi connectivity index (χ0n) is 10.9. The fourth-order valence-corrected chi connectivity index (χ4v) is 2.42. The van der Waals surface area contributed by atoms with Gasteiger partial charge in [-0.15, -0.1) is 0 Å². The molecule has 1 aliphatic rings. The first-order valence-corrected chi connectivity index (χ1v) is 7.00. The van der Waals surface area contributed by atoms with Crippen LogP contribution in [0.1, 0.15) is 19.3 Å². The molecule has 0 fully saturated rings. The van der Waals surface area contributed by atoms with Crippen LogP contribution >= 0.6 is 23.2 Å². The number of nitro benzene ring substituents is 1. The first kappa shape index (κ1) is 15.5. The van der Waals surface area contributed by atoms with Crippen molar-refractivity contribution in [1.82, 2.24) is 0 Å². The molecule has 5 nitrogen and oxygen atoms in total. The number of carbonyl (C=O) groups is 1. The molecule has 0 saturated carbocycles. The lowest BCUT2D eigenvalue weighted by atomic mass is 10.0. The van der Waals surface area contributed by atoms with Gasteiger partial charge in [0.2, 0.25) is 5.91 Å². The van der Waals surface area contributed by atoms with Gasteiger partial charge in [0.25, 0.3) is 5.69 Å². The smallest absolute Gasteiger partial charge is 0.292 e. The highest BCUT2D eigenvalue weighted by molar-refractivity contribution is 6.32. The van der Waals surface area contributed by atoms with E-state index < -0.39 is 4.92 Å². The number of amides is 1. The SMILES string of the molecule is O=C(CC1=C(Cl)CCC(Cl)=C1)Nc1ccccc1[N+](=O)[O-]. The molecule has 0 heterocycles. The van der Waals surface area contributed by atoms with Gasteiger partial charge in [-0.3, -0.25) is 14.9 Å². The zero-order chi connectivity index (χ0) is 15.4. The first-order valence-electron chi connectivity index (χ1n) is 6.24. The predicted octanol–water partition coefficient (Wildman–Crippen LogP) is 4.33. The van der Waals surface area contributed by atoms with Gasteiger partial charge in [-0.25, -0.2) is 0 Å². The van der Waals surface area contributed by atoms with Crippen LogP contribution in [-0.4, -0.2) is 10.8 Å². The highest BCUT2D eigenvalue weighted by atomic mass is 35.5. The molecular weight excluding hydrogens is 315 g/mol. The number of allylic oxidation sites excluding steroid dienone is 3. The lowest BCUT2D eigenvalue weighted by Crippen LogP contribution is -2.14. The Balaban J connectivity index is 2.11. The third kappa shape index (κ3) is 4.06. The second-order valence-corrected chi connectivity index (χ2v) is 5.46. The van der Waals surface area contributed by atoms with Crippen LogP contribution in [0.4, 0.5) is 11.4 Å². The molecule has 0 unspecified atom stereocenters. The lowest BCUT2D eigenvalue weighted by molar-refractivity contribution is -0.383. The summed E-state index contributed by atoms with van der Waals surface area (Å²) in [5.74, 6) is -0.375. The first-order chi connectivity index (χ1) is 9.97. The molecule has 1 amide bonds. The van der Waals surface area contributed by atoms with Gasteiger partial charge in [0, 0.05) is 16.1 Å². The summed E-state index contributed by atoms with van der Waals surface area (Å²) >= 11 is 12.0. The Morgan fingerprint density at radius 1 is 1.29 bits per heavy atom. The largest absolute Gasteiger partial charge is 0.320 e. The molecule has 0 atom stereocenters. The van der Waals surface area contributed by atoms with Gasteiger partial charge in [0.1, 0.15) is 5.69 Å². The van der Waals surface area contributed by atoms with Crippen LogP contribution in [0, 0.1) is 10.1 Å².